The lowest BCUT2D eigenvalue weighted by molar-refractivity contribution is 0.804. The molecule has 0 heterocycles. The Balaban J connectivity index is 1.60. The molecule has 2 N–H and O–H groups in total. The summed E-state index contributed by atoms with van der Waals surface area (Å²) in [4.78, 5) is 0.490. The predicted octanol–water partition coefficient (Wildman–Crippen LogP) is 5.67. The number of thiocarbonyl (C=S) groups is 1. The fourth-order valence-electron chi connectivity index (χ4n) is 3.48. The van der Waals surface area contributed by atoms with Gasteiger partial charge in [0.2, 0.25) is 0 Å². The Morgan fingerprint density at radius 1 is 0.593 bits per heavy atom. The average molecular weight is 374 g/mol. The van der Waals surface area contributed by atoms with Crippen LogP contribution in [-0.4, -0.2) is 4.99 Å². The quantitative estimate of drug-likeness (QED) is 0.489. The molecule has 0 aromatic heterocycles. The fourth-order valence-corrected chi connectivity index (χ4v) is 3.59. The van der Waals surface area contributed by atoms with Gasteiger partial charge in [-0.2, -0.15) is 0 Å². The minimum atomic E-state index is 0.490. The van der Waals surface area contributed by atoms with E-state index in [4.69, 9.17) is 18.0 Å². The highest BCUT2D eigenvalue weighted by molar-refractivity contribution is 7.80. The molecule has 0 aliphatic carbocycles. The molecule has 2 heteroatoms. The van der Waals surface area contributed by atoms with Crippen LogP contribution in [0.15, 0.2) is 78.9 Å². The van der Waals surface area contributed by atoms with E-state index in [1.807, 2.05) is 0 Å². The van der Waals surface area contributed by atoms with E-state index in [0.717, 1.165) is 44.1 Å². The van der Waals surface area contributed by atoms with Gasteiger partial charge in [0.1, 0.15) is 4.99 Å². The molecule has 0 aliphatic rings. The van der Waals surface area contributed by atoms with Crippen LogP contribution in [-0.2, 0) is 25.7 Å². The Kier molecular flexibility index (Phi) is 7.18. The molecule has 0 spiro atoms. The fraction of sp³-hybridized carbons (Fsp3) is 0.240. The Bertz CT molecular complexity index is 792. The Hall–Kier alpha value is -2.45. The maximum absolute atomic E-state index is 5.92. The van der Waals surface area contributed by atoms with Crippen LogP contribution in [0.4, 0.5) is 0 Å². The second-order valence-electron chi connectivity index (χ2n) is 7.08. The van der Waals surface area contributed by atoms with Crippen molar-refractivity contribution in [2.75, 3.05) is 0 Å². The zero-order valence-corrected chi connectivity index (χ0v) is 16.6. The molecule has 0 aliphatic heterocycles. The SMILES string of the molecule is NC(=S)c1cc(CCCc2ccccc2)cc(CCCc2ccccc2)c1. The standard InChI is InChI=1S/C25H27NS/c26-25(27)24-18-22(15-7-13-20-9-3-1-4-10-20)17-23(19-24)16-8-14-21-11-5-2-6-12-21/h1-6,9-12,17-19H,7-8,13-16H2,(H2,26,27). The molecule has 3 rings (SSSR count). The highest BCUT2D eigenvalue weighted by atomic mass is 32.1. The number of hydrogen-bond donors (Lipinski definition) is 1. The number of hydrogen-bond acceptors (Lipinski definition) is 1. The van der Waals surface area contributed by atoms with Crippen LogP contribution in [0.3, 0.4) is 0 Å². The highest BCUT2D eigenvalue weighted by Gasteiger charge is 2.05. The van der Waals surface area contributed by atoms with Crippen LogP contribution in [0.1, 0.15) is 40.7 Å². The predicted molar refractivity (Wildman–Crippen MR) is 119 cm³/mol. The molecular formula is C25H27NS. The van der Waals surface area contributed by atoms with Gasteiger partial charge in [-0.05, 0) is 72.9 Å². The van der Waals surface area contributed by atoms with E-state index in [2.05, 4.69) is 78.9 Å². The molecule has 3 aromatic carbocycles. The van der Waals surface area contributed by atoms with E-state index in [9.17, 15) is 0 Å². The summed E-state index contributed by atoms with van der Waals surface area (Å²) in [5.74, 6) is 0. The number of rotatable bonds is 9. The Morgan fingerprint density at radius 2 is 1.00 bits per heavy atom. The minimum absolute atomic E-state index is 0.490. The summed E-state index contributed by atoms with van der Waals surface area (Å²) in [7, 11) is 0. The molecule has 27 heavy (non-hydrogen) atoms. The first-order valence-corrected chi connectivity index (χ1v) is 10.1. The van der Waals surface area contributed by atoms with E-state index in [-0.39, 0.29) is 0 Å². The van der Waals surface area contributed by atoms with Crippen molar-refractivity contribution in [3.05, 3.63) is 107 Å². The molecule has 1 nitrogen and oxygen atoms in total. The van der Waals surface area contributed by atoms with Crippen molar-refractivity contribution in [1.29, 1.82) is 0 Å². The van der Waals surface area contributed by atoms with Gasteiger partial charge in [-0.15, -0.1) is 0 Å². The highest BCUT2D eigenvalue weighted by Crippen LogP contribution is 2.16. The molecule has 0 atom stereocenters. The molecule has 0 saturated heterocycles. The first-order valence-electron chi connectivity index (χ1n) is 9.71. The van der Waals surface area contributed by atoms with Crippen LogP contribution >= 0.6 is 12.2 Å². The normalized spacial score (nSPS) is 10.7. The third-order valence-electron chi connectivity index (χ3n) is 4.88. The van der Waals surface area contributed by atoms with E-state index in [1.165, 1.54) is 22.3 Å². The van der Waals surface area contributed by atoms with Crippen molar-refractivity contribution in [2.45, 2.75) is 38.5 Å². The molecule has 0 unspecified atom stereocenters. The largest absolute Gasteiger partial charge is 0.389 e. The van der Waals surface area contributed by atoms with Crippen molar-refractivity contribution in [3.63, 3.8) is 0 Å². The van der Waals surface area contributed by atoms with E-state index in [1.54, 1.807) is 0 Å². The van der Waals surface area contributed by atoms with Gasteiger partial charge >= 0.3 is 0 Å². The zero-order chi connectivity index (χ0) is 18.9. The molecule has 3 aromatic rings. The average Bonchev–Trinajstić information content (AvgIpc) is 2.69. The lowest BCUT2D eigenvalue weighted by Gasteiger charge is -2.10. The number of aryl methyl sites for hydroxylation is 4. The smallest absolute Gasteiger partial charge is 0.104 e. The Morgan fingerprint density at radius 3 is 1.41 bits per heavy atom. The third kappa shape index (κ3) is 6.33. The van der Waals surface area contributed by atoms with Crippen LogP contribution in [0, 0.1) is 0 Å². The molecule has 0 fully saturated rings. The summed E-state index contributed by atoms with van der Waals surface area (Å²) in [5, 5.41) is 0. The zero-order valence-electron chi connectivity index (χ0n) is 15.7. The van der Waals surface area contributed by atoms with Crippen molar-refractivity contribution >= 4 is 17.2 Å². The van der Waals surface area contributed by atoms with Crippen molar-refractivity contribution in [2.24, 2.45) is 5.73 Å². The molecule has 0 saturated carbocycles. The summed E-state index contributed by atoms with van der Waals surface area (Å²) in [6, 6.07) is 28.0. The van der Waals surface area contributed by atoms with Gasteiger partial charge in [-0.25, -0.2) is 0 Å². The Labute approximate surface area is 168 Å². The summed E-state index contributed by atoms with van der Waals surface area (Å²) < 4.78 is 0. The summed E-state index contributed by atoms with van der Waals surface area (Å²) >= 11 is 5.24. The van der Waals surface area contributed by atoms with Gasteiger partial charge < -0.3 is 5.73 Å². The molecule has 0 bridgehead atoms. The second-order valence-corrected chi connectivity index (χ2v) is 7.52. The van der Waals surface area contributed by atoms with Gasteiger partial charge in [0, 0.05) is 5.56 Å². The van der Waals surface area contributed by atoms with Crippen LogP contribution < -0.4 is 5.73 Å². The van der Waals surface area contributed by atoms with Gasteiger partial charge in [0.25, 0.3) is 0 Å². The monoisotopic (exact) mass is 373 g/mol. The summed E-state index contributed by atoms with van der Waals surface area (Å²) in [6.45, 7) is 0. The lowest BCUT2D eigenvalue weighted by Crippen LogP contribution is -2.10. The van der Waals surface area contributed by atoms with Gasteiger partial charge in [0.15, 0.2) is 0 Å². The van der Waals surface area contributed by atoms with Gasteiger partial charge in [-0.1, -0.05) is 78.9 Å². The van der Waals surface area contributed by atoms with E-state index in [0.29, 0.717) is 4.99 Å². The molecule has 0 amide bonds. The maximum Gasteiger partial charge on any atom is 0.104 e. The van der Waals surface area contributed by atoms with Gasteiger partial charge in [0.05, 0.1) is 0 Å². The van der Waals surface area contributed by atoms with Crippen LogP contribution in [0.2, 0.25) is 0 Å². The van der Waals surface area contributed by atoms with E-state index >= 15 is 0 Å². The second kappa shape index (κ2) is 10.0. The maximum atomic E-state index is 5.92. The summed E-state index contributed by atoms with van der Waals surface area (Å²) in [5.41, 5.74) is 12.4. The summed E-state index contributed by atoms with van der Waals surface area (Å²) in [6.07, 6.45) is 6.57. The minimum Gasteiger partial charge on any atom is -0.389 e. The van der Waals surface area contributed by atoms with Crippen molar-refractivity contribution < 1.29 is 0 Å². The molecule has 138 valence electrons. The van der Waals surface area contributed by atoms with Gasteiger partial charge in [-0.3, -0.25) is 0 Å². The molecule has 0 radical (unpaired) electrons. The third-order valence-corrected chi connectivity index (χ3v) is 5.12. The number of nitrogens with two attached hydrogens (primary N) is 1. The number of benzene rings is 3. The van der Waals surface area contributed by atoms with E-state index < -0.39 is 0 Å². The van der Waals surface area contributed by atoms with Crippen LogP contribution in [0.25, 0.3) is 0 Å². The first kappa shape index (κ1) is 19.3. The topological polar surface area (TPSA) is 26.0 Å². The van der Waals surface area contributed by atoms with Crippen molar-refractivity contribution in [3.8, 4) is 0 Å². The lowest BCUT2D eigenvalue weighted by atomic mass is 9.97. The van der Waals surface area contributed by atoms with Crippen LogP contribution in [0.5, 0.6) is 0 Å². The van der Waals surface area contributed by atoms with Crippen molar-refractivity contribution in [1.82, 2.24) is 0 Å². The first-order chi connectivity index (χ1) is 13.2. The molecular weight excluding hydrogens is 346 g/mol.